The van der Waals surface area contributed by atoms with Gasteiger partial charge in [0.1, 0.15) is 40.7 Å². The third-order valence-electron chi connectivity index (χ3n) is 12.7. The van der Waals surface area contributed by atoms with Gasteiger partial charge in [-0.1, -0.05) is 72.8 Å². The van der Waals surface area contributed by atoms with Crippen LogP contribution in [0.1, 0.15) is 48.0 Å². The van der Waals surface area contributed by atoms with Gasteiger partial charge in [-0.25, -0.2) is 33.9 Å². The summed E-state index contributed by atoms with van der Waals surface area (Å²) in [5.41, 5.74) is 4.23. The molecule has 4 heterocycles. The van der Waals surface area contributed by atoms with Crippen LogP contribution in [0.5, 0.6) is 17.4 Å². The van der Waals surface area contributed by atoms with Gasteiger partial charge in [0.25, 0.3) is 0 Å². The maximum absolute atomic E-state index is 14.4. The predicted molar refractivity (Wildman–Crippen MR) is 282 cm³/mol. The summed E-state index contributed by atoms with van der Waals surface area (Å²) in [5.74, 6) is -0.254. The van der Waals surface area contributed by atoms with E-state index in [2.05, 4.69) is 31.8 Å². The number of aromatic nitrogens is 4. The third-order valence-corrected chi connectivity index (χ3v) is 13.9. The van der Waals surface area contributed by atoms with Crippen LogP contribution >= 0.6 is 11.3 Å². The fourth-order valence-corrected chi connectivity index (χ4v) is 10.1. The number of halogens is 1. The standard InChI is InChI=1S/C57H56FN7O8S/c1-57(2,3)73-56(69)65(29-28-64-26-24-63(4)25-27-64)32-36-14-21-46(71-34-41-22-23-59-52(62-41)45-12-8-9-13-47(45)70-5)39(30-36)31-48(55(67)68)72-53-50-49(44-20-17-38(33-66)42-10-6-7-11-43(42)44)51(74-54(50)61-35-60-53)37-15-18-40(58)19-16-37/h6-23,30,33,35,48H,24-29,31-32,34H2,1-5H3,(H,67,68). The highest BCUT2D eigenvalue weighted by Crippen LogP contribution is 2.49. The molecular weight excluding hydrogens is 962 g/mol. The lowest BCUT2D eigenvalue weighted by Gasteiger charge is -2.34. The second-order valence-corrected chi connectivity index (χ2v) is 20.0. The first-order valence-corrected chi connectivity index (χ1v) is 25.1. The van der Waals surface area contributed by atoms with E-state index in [1.165, 1.54) is 29.8 Å². The van der Waals surface area contributed by atoms with E-state index < -0.39 is 29.6 Å². The van der Waals surface area contributed by atoms with Gasteiger partial charge in [0, 0.05) is 74.4 Å². The zero-order valence-corrected chi connectivity index (χ0v) is 42.6. The number of carbonyl (C=O) groups excluding carboxylic acids is 2. The molecule has 9 rings (SSSR count). The second kappa shape index (κ2) is 22.5. The SMILES string of the molecule is COc1ccccc1-c1nccc(COc2ccc(CN(CCN3CCN(C)CC3)C(=O)OC(C)(C)C)cc2CC(Oc2ncnc3sc(-c4ccc(F)cc4)c(-c4ccc(C=O)c5ccccc45)c23)C(=O)O)n1. The molecule has 0 bridgehead atoms. The Labute approximate surface area is 432 Å². The quantitative estimate of drug-likeness (QED) is 0.0806. The lowest BCUT2D eigenvalue weighted by Crippen LogP contribution is -2.48. The Hall–Kier alpha value is -7.86. The van der Waals surface area contributed by atoms with Crippen LogP contribution in [0.25, 0.3) is 53.9 Å². The van der Waals surface area contributed by atoms with Gasteiger partial charge in [0.2, 0.25) is 12.0 Å². The van der Waals surface area contributed by atoms with Gasteiger partial charge in [-0.05, 0) is 97.2 Å². The van der Waals surface area contributed by atoms with Crippen LogP contribution in [0.3, 0.4) is 0 Å². The zero-order valence-electron chi connectivity index (χ0n) is 41.8. The van der Waals surface area contributed by atoms with Crippen LogP contribution in [0.2, 0.25) is 0 Å². The Balaban J connectivity index is 1.10. The second-order valence-electron chi connectivity index (χ2n) is 19.0. The molecule has 1 atom stereocenters. The van der Waals surface area contributed by atoms with Crippen molar-refractivity contribution in [1.29, 1.82) is 0 Å². The van der Waals surface area contributed by atoms with E-state index >= 15 is 0 Å². The molecule has 1 unspecified atom stereocenters. The van der Waals surface area contributed by atoms with Crippen LogP contribution in [-0.4, -0.2) is 123 Å². The van der Waals surface area contributed by atoms with Crippen molar-refractivity contribution < 1.29 is 42.8 Å². The van der Waals surface area contributed by atoms with Crippen molar-refractivity contribution in [1.82, 2.24) is 34.6 Å². The zero-order chi connectivity index (χ0) is 51.9. The Kier molecular flexibility index (Phi) is 15.5. The van der Waals surface area contributed by atoms with Crippen molar-refractivity contribution in [2.24, 2.45) is 0 Å². The number of hydrogen-bond donors (Lipinski definition) is 1. The number of hydrogen-bond acceptors (Lipinski definition) is 14. The summed E-state index contributed by atoms with van der Waals surface area (Å²) < 4.78 is 39.0. The van der Waals surface area contributed by atoms with Crippen molar-refractivity contribution in [3.8, 4) is 50.3 Å². The van der Waals surface area contributed by atoms with E-state index in [1.54, 1.807) is 48.5 Å². The number of aliphatic carboxylic acids is 1. The monoisotopic (exact) mass is 1020 g/mol. The van der Waals surface area contributed by atoms with Crippen LogP contribution < -0.4 is 14.2 Å². The summed E-state index contributed by atoms with van der Waals surface area (Å²) in [6.07, 6.45) is 1.57. The maximum atomic E-state index is 14.4. The van der Waals surface area contributed by atoms with Gasteiger partial charge < -0.3 is 33.9 Å². The van der Waals surface area contributed by atoms with Crippen molar-refractivity contribution in [2.75, 3.05) is 53.4 Å². The molecule has 1 fully saturated rings. The Morgan fingerprint density at radius 3 is 2.38 bits per heavy atom. The van der Waals surface area contributed by atoms with E-state index in [1.807, 2.05) is 87.5 Å². The molecule has 1 N–H and O–H groups in total. The average molecular weight is 1020 g/mol. The minimum absolute atomic E-state index is 0.00151. The molecule has 5 aromatic carbocycles. The van der Waals surface area contributed by atoms with E-state index in [0.717, 1.165) is 37.9 Å². The van der Waals surface area contributed by atoms with E-state index in [4.69, 9.17) is 23.9 Å². The number of piperazine rings is 1. The summed E-state index contributed by atoms with van der Waals surface area (Å²) in [6.45, 7) is 10.3. The highest BCUT2D eigenvalue weighted by Gasteiger charge is 2.30. The van der Waals surface area contributed by atoms with Crippen molar-refractivity contribution in [3.63, 3.8) is 0 Å². The molecule has 15 nitrogen and oxygen atoms in total. The number of likely N-dealkylation sites (N-methyl/N-ethyl adjacent to an activating group) is 1. The number of para-hydroxylation sites is 1. The maximum Gasteiger partial charge on any atom is 0.410 e. The minimum atomic E-state index is -1.53. The van der Waals surface area contributed by atoms with Crippen molar-refractivity contribution in [3.05, 3.63) is 150 Å². The van der Waals surface area contributed by atoms with Gasteiger partial charge in [-0.3, -0.25) is 9.69 Å². The molecule has 74 heavy (non-hydrogen) atoms. The van der Waals surface area contributed by atoms with Gasteiger partial charge in [0.05, 0.1) is 23.8 Å². The van der Waals surface area contributed by atoms with E-state index in [-0.39, 0.29) is 25.5 Å². The number of amides is 1. The number of aldehydes is 1. The summed E-state index contributed by atoms with van der Waals surface area (Å²) >= 11 is 1.33. The molecule has 17 heteroatoms. The first kappa shape index (κ1) is 51.1. The fourth-order valence-electron chi connectivity index (χ4n) is 8.95. The number of carbonyl (C=O) groups is 3. The number of nitrogens with zero attached hydrogens (tertiary/aromatic N) is 7. The summed E-state index contributed by atoms with van der Waals surface area (Å²) in [4.78, 5) is 65.7. The molecule has 3 aromatic heterocycles. The summed E-state index contributed by atoms with van der Waals surface area (Å²) in [5, 5.41) is 13.0. The number of carboxylic acids is 1. The normalized spacial score (nSPS) is 13.6. The fraction of sp³-hybridized carbons (Fsp3) is 0.281. The lowest BCUT2D eigenvalue weighted by molar-refractivity contribution is -0.145. The smallest absolute Gasteiger partial charge is 0.410 e. The average Bonchev–Trinajstić information content (AvgIpc) is 3.80. The number of benzene rings is 5. The molecule has 0 saturated carbocycles. The third kappa shape index (κ3) is 11.8. The highest BCUT2D eigenvalue weighted by atomic mass is 32.1. The van der Waals surface area contributed by atoms with Crippen LogP contribution in [0.15, 0.2) is 122 Å². The molecule has 0 radical (unpaired) electrons. The molecule has 1 aliphatic rings. The van der Waals surface area contributed by atoms with Gasteiger partial charge in [-0.2, -0.15) is 0 Å². The molecule has 1 aliphatic heterocycles. The highest BCUT2D eigenvalue weighted by molar-refractivity contribution is 7.22. The topological polar surface area (TPSA) is 170 Å². The molecule has 1 saturated heterocycles. The number of thiophene rings is 1. The number of ether oxygens (including phenoxy) is 4. The van der Waals surface area contributed by atoms with Crippen LogP contribution in [0.4, 0.5) is 9.18 Å². The van der Waals surface area contributed by atoms with Crippen molar-refractivity contribution in [2.45, 2.75) is 52.0 Å². The number of fused-ring (bicyclic) bond motifs is 2. The molecule has 1 amide bonds. The molecule has 0 spiro atoms. The molecule has 0 aliphatic carbocycles. The molecular formula is C57H56FN7O8S. The van der Waals surface area contributed by atoms with Gasteiger partial charge in [-0.15, -0.1) is 11.3 Å². The summed E-state index contributed by atoms with van der Waals surface area (Å²) in [7, 11) is 3.68. The van der Waals surface area contributed by atoms with Gasteiger partial charge in [0.15, 0.2) is 12.1 Å². The largest absolute Gasteiger partial charge is 0.496 e. The minimum Gasteiger partial charge on any atom is -0.496 e. The number of carboxylic acid groups (broad SMARTS) is 1. The van der Waals surface area contributed by atoms with Crippen LogP contribution in [-0.2, 0) is 29.1 Å². The first-order chi connectivity index (χ1) is 35.7. The number of methoxy groups -OCH3 is 1. The Morgan fingerprint density at radius 2 is 1.64 bits per heavy atom. The molecule has 8 aromatic rings. The van der Waals surface area contributed by atoms with E-state index in [9.17, 15) is 23.9 Å². The van der Waals surface area contributed by atoms with Crippen LogP contribution in [0, 0.1) is 5.82 Å². The molecule has 380 valence electrons. The van der Waals surface area contributed by atoms with E-state index in [0.29, 0.717) is 95.5 Å². The van der Waals surface area contributed by atoms with Crippen molar-refractivity contribution >= 4 is 50.7 Å². The first-order valence-electron chi connectivity index (χ1n) is 24.2. The van der Waals surface area contributed by atoms with Gasteiger partial charge >= 0.3 is 12.1 Å². The predicted octanol–water partition coefficient (Wildman–Crippen LogP) is 10.2. The lowest BCUT2D eigenvalue weighted by atomic mass is 9.93. The Morgan fingerprint density at radius 1 is 0.878 bits per heavy atom. The Bertz CT molecular complexity index is 3320. The summed E-state index contributed by atoms with van der Waals surface area (Å²) in [6, 6.07) is 31.8. The number of rotatable bonds is 18.